The van der Waals surface area contributed by atoms with Gasteiger partial charge in [0.15, 0.2) is 5.78 Å². The van der Waals surface area contributed by atoms with E-state index >= 15 is 0 Å². The highest BCUT2D eigenvalue weighted by atomic mass is 16.1. The molecule has 1 aromatic carbocycles. The number of ketones is 1. The fourth-order valence-corrected chi connectivity index (χ4v) is 4.54. The molecule has 1 heterocycles. The van der Waals surface area contributed by atoms with Crippen LogP contribution in [0, 0.1) is 5.92 Å². The summed E-state index contributed by atoms with van der Waals surface area (Å²) in [6.07, 6.45) is 3.74. The van der Waals surface area contributed by atoms with Crippen LogP contribution in [0.4, 0.5) is 0 Å². The number of benzene rings is 1. The van der Waals surface area contributed by atoms with Crippen molar-refractivity contribution in [2.75, 3.05) is 7.05 Å². The van der Waals surface area contributed by atoms with Gasteiger partial charge in [-0.2, -0.15) is 0 Å². The molecule has 128 valence electrons. The minimum atomic E-state index is 0.0491. The van der Waals surface area contributed by atoms with E-state index in [1.54, 1.807) is 0 Å². The Kier molecular flexibility index (Phi) is 5.32. The number of nitrogens with zero attached hydrogens (tertiary/aromatic N) is 1. The molecule has 0 saturated carbocycles. The maximum Gasteiger partial charge on any atom is 0.163 e. The molecule has 0 spiro atoms. The van der Waals surface area contributed by atoms with Gasteiger partial charge in [0.1, 0.15) is 0 Å². The van der Waals surface area contributed by atoms with Gasteiger partial charge in [-0.3, -0.25) is 10.2 Å². The van der Waals surface area contributed by atoms with E-state index in [1.807, 2.05) is 19.2 Å². The second kappa shape index (κ2) is 6.74. The molecule has 0 aromatic heterocycles. The van der Waals surface area contributed by atoms with Gasteiger partial charge in [0.05, 0.1) is 0 Å². The van der Waals surface area contributed by atoms with Crippen LogP contribution in [-0.2, 0) is 6.42 Å². The molecule has 1 aromatic rings. The van der Waals surface area contributed by atoms with Gasteiger partial charge >= 0.3 is 0 Å². The van der Waals surface area contributed by atoms with Crippen LogP contribution in [0.2, 0.25) is 0 Å². The van der Waals surface area contributed by atoms with Crippen molar-refractivity contribution in [2.45, 2.75) is 71.4 Å². The highest BCUT2D eigenvalue weighted by molar-refractivity contribution is 5.96. The number of nitrogens with one attached hydrogen (secondary N) is 1. The van der Waals surface area contributed by atoms with Gasteiger partial charge in [-0.05, 0) is 65.5 Å². The van der Waals surface area contributed by atoms with E-state index in [0.717, 1.165) is 24.8 Å². The predicted octanol–water partition coefficient (Wildman–Crippen LogP) is 4.23. The molecule has 3 heteroatoms. The average Bonchev–Trinajstić information content (AvgIpc) is 2.45. The third kappa shape index (κ3) is 4.02. The zero-order chi connectivity index (χ0) is 17.3. The highest BCUT2D eigenvalue weighted by Gasteiger charge is 2.45. The average molecular weight is 316 g/mol. The molecule has 1 aliphatic rings. The van der Waals surface area contributed by atoms with E-state index in [4.69, 9.17) is 0 Å². The summed E-state index contributed by atoms with van der Waals surface area (Å²) in [5.74, 6) is 0.713. The summed E-state index contributed by atoms with van der Waals surface area (Å²) in [7, 11) is 1.99. The second-order valence-electron chi connectivity index (χ2n) is 8.14. The zero-order valence-corrected chi connectivity index (χ0v) is 15.6. The molecule has 0 atom stereocenters. The SMILES string of the molecule is CCc1ccc(C(=O)CC2CC(C)(C)N(NC)C(C)(C)C2)cc1. The van der Waals surface area contributed by atoms with Gasteiger partial charge in [0, 0.05) is 23.1 Å². The monoisotopic (exact) mass is 316 g/mol. The fraction of sp³-hybridized carbons (Fsp3) is 0.650. The summed E-state index contributed by atoms with van der Waals surface area (Å²) < 4.78 is 0. The number of piperidine rings is 1. The lowest BCUT2D eigenvalue weighted by atomic mass is 9.73. The maximum atomic E-state index is 12.7. The molecule has 1 fully saturated rings. The molecule has 1 saturated heterocycles. The first kappa shape index (κ1) is 18.2. The van der Waals surface area contributed by atoms with Gasteiger partial charge in [-0.25, -0.2) is 5.01 Å². The molecule has 3 nitrogen and oxygen atoms in total. The molecule has 0 aliphatic carbocycles. The Morgan fingerprint density at radius 1 is 1.13 bits per heavy atom. The van der Waals surface area contributed by atoms with Crippen molar-refractivity contribution >= 4 is 5.78 Å². The second-order valence-corrected chi connectivity index (χ2v) is 8.14. The standard InChI is InChI=1S/C20H32N2O/c1-7-15-8-10-17(11-9-15)18(23)12-16-13-19(2,3)22(21-6)20(4,5)14-16/h8-11,16,21H,7,12-14H2,1-6H3. The van der Waals surface area contributed by atoms with Crippen LogP contribution < -0.4 is 5.43 Å². The molecule has 1 N–H and O–H groups in total. The van der Waals surface area contributed by atoms with Crippen LogP contribution in [-0.4, -0.2) is 28.9 Å². The Balaban J connectivity index is 2.09. The summed E-state index contributed by atoms with van der Waals surface area (Å²) >= 11 is 0. The van der Waals surface area contributed by atoms with Crippen LogP contribution in [0.15, 0.2) is 24.3 Å². The van der Waals surface area contributed by atoms with Crippen LogP contribution in [0.1, 0.15) is 69.8 Å². The quantitative estimate of drug-likeness (QED) is 0.825. The predicted molar refractivity (Wildman–Crippen MR) is 96.5 cm³/mol. The Bertz CT molecular complexity index is 527. The summed E-state index contributed by atoms with van der Waals surface area (Å²) in [4.78, 5) is 12.7. The lowest BCUT2D eigenvalue weighted by Gasteiger charge is -2.54. The molecular weight excluding hydrogens is 284 g/mol. The lowest BCUT2D eigenvalue weighted by molar-refractivity contribution is -0.0837. The van der Waals surface area contributed by atoms with E-state index in [9.17, 15) is 4.79 Å². The first-order chi connectivity index (χ1) is 10.7. The zero-order valence-electron chi connectivity index (χ0n) is 15.6. The van der Waals surface area contributed by atoms with Crippen molar-refractivity contribution in [3.63, 3.8) is 0 Å². The van der Waals surface area contributed by atoms with E-state index < -0.39 is 0 Å². The number of hydrogen-bond donors (Lipinski definition) is 1. The number of hydrogen-bond acceptors (Lipinski definition) is 3. The molecular formula is C20H32N2O. The minimum absolute atomic E-state index is 0.0491. The Hall–Kier alpha value is -1.19. The van der Waals surface area contributed by atoms with E-state index in [1.165, 1.54) is 5.56 Å². The Morgan fingerprint density at radius 2 is 1.65 bits per heavy atom. The van der Waals surface area contributed by atoms with E-state index in [0.29, 0.717) is 12.3 Å². The Morgan fingerprint density at radius 3 is 2.09 bits per heavy atom. The number of Topliss-reactive ketones (excluding diaryl/α,β-unsaturated/α-hetero) is 1. The van der Waals surface area contributed by atoms with Crippen molar-refractivity contribution in [3.05, 3.63) is 35.4 Å². The first-order valence-electron chi connectivity index (χ1n) is 8.79. The number of hydrazine groups is 1. The smallest absolute Gasteiger partial charge is 0.163 e. The number of rotatable bonds is 5. The van der Waals surface area contributed by atoms with Crippen LogP contribution in [0.3, 0.4) is 0 Å². The van der Waals surface area contributed by atoms with Crippen molar-refractivity contribution in [2.24, 2.45) is 5.92 Å². The van der Waals surface area contributed by atoms with Crippen molar-refractivity contribution in [1.29, 1.82) is 0 Å². The van der Waals surface area contributed by atoms with Crippen LogP contribution >= 0.6 is 0 Å². The summed E-state index contributed by atoms with van der Waals surface area (Å²) in [5, 5.41) is 2.34. The molecule has 0 radical (unpaired) electrons. The summed E-state index contributed by atoms with van der Waals surface area (Å²) in [5.41, 5.74) is 5.59. The lowest BCUT2D eigenvalue weighted by Crippen LogP contribution is -2.65. The summed E-state index contributed by atoms with van der Waals surface area (Å²) in [6.45, 7) is 11.2. The topological polar surface area (TPSA) is 32.3 Å². The van der Waals surface area contributed by atoms with E-state index in [-0.39, 0.29) is 16.9 Å². The molecule has 0 unspecified atom stereocenters. The third-order valence-corrected chi connectivity index (χ3v) is 5.17. The van der Waals surface area contributed by atoms with Crippen molar-refractivity contribution < 1.29 is 4.79 Å². The largest absolute Gasteiger partial charge is 0.294 e. The van der Waals surface area contributed by atoms with Gasteiger partial charge in [0.2, 0.25) is 0 Å². The molecule has 2 rings (SSSR count). The third-order valence-electron chi connectivity index (χ3n) is 5.17. The molecule has 1 aliphatic heterocycles. The van der Waals surface area contributed by atoms with E-state index in [2.05, 4.69) is 57.2 Å². The van der Waals surface area contributed by atoms with Crippen LogP contribution in [0.5, 0.6) is 0 Å². The highest BCUT2D eigenvalue weighted by Crippen LogP contribution is 2.41. The number of carbonyl (C=O) groups excluding carboxylic acids is 1. The van der Waals surface area contributed by atoms with Gasteiger partial charge in [0.25, 0.3) is 0 Å². The van der Waals surface area contributed by atoms with Gasteiger partial charge in [-0.1, -0.05) is 31.2 Å². The van der Waals surface area contributed by atoms with Crippen molar-refractivity contribution in [3.8, 4) is 0 Å². The summed E-state index contributed by atoms with van der Waals surface area (Å²) in [6, 6.07) is 8.12. The van der Waals surface area contributed by atoms with Gasteiger partial charge < -0.3 is 0 Å². The Labute approximate surface area is 141 Å². The number of aryl methyl sites for hydroxylation is 1. The van der Waals surface area contributed by atoms with Crippen LogP contribution in [0.25, 0.3) is 0 Å². The minimum Gasteiger partial charge on any atom is -0.294 e. The van der Waals surface area contributed by atoms with Crippen molar-refractivity contribution in [1.82, 2.24) is 10.4 Å². The number of carbonyl (C=O) groups is 1. The molecule has 0 amide bonds. The van der Waals surface area contributed by atoms with Gasteiger partial charge in [-0.15, -0.1) is 0 Å². The molecule has 23 heavy (non-hydrogen) atoms. The molecule has 0 bridgehead atoms. The normalized spacial score (nSPS) is 21.3. The maximum absolute atomic E-state index is 12.7. The fourth-order valence-electron chi connectivity index (χ4n) is 4.54. The first-order valence-corrected chi connectivity index (χ1v) is 8.79.